The Bertz CT molecular complexity index is 677. The molecule has 0 saturated carbocycles. The summed E-state index contributed by atoms with van der Waals surface area (Å²) in [4.78, 5) is 21.1. The van der Waals surface area contributed by atoms with Crippen molar-refractivity contribution in [2.75, 3.05) is 0 Å². The Labute approximate surface area is 115 Å². The second-order valence-corrected chi connectivity index (χ2v) is 4.09. The maximum absolute atomic E-state index is 12.9. The number of aromatic nitrogens is 3. The molecule has 2 rings (SSSR count). The average molecular weight is 299 g/mol. The Hall–Kier alpha value is -2.71. The Morgan fingerprint density at radius 1 is 1.29 bits per heavy atom. The molecule has 9 heteroatoms. The van der Waals surface area contributed by atoms with Crippen molar-refractivity contribution in [1.29, 1.82) is 0 Å². The topological polar surface area (TPSA) is 85.1 Å². The highest BCUT2D eigenvalue weighted by Crippen LogP contribution is 2.32. The van der Waals surface area contributed by atoms with Crippen molar-refractivity contribution in [3.8, 4) is 5.69 Å². The van der Waals surface area contributed by atoms with Gasteiger partial charge in [-0.3, -0.25) is 9.59 Å². The van der Waals surface area contributed by atoms with Crippen molar-refractivity contribution >= 4 is 12.3 Å². The van der Waals surface area contributed by atoms with Gasteiger partial charge < -0.3 is 5.11 Å². The second kappa shape index (κ2) is 5.35. The second-order valence-electron chi connectivity index (χ2n) is 4.09. The molecule has 0 unspecified atom stereocenters. The van der Waals surface area contributed by atoms with Gasteiger partial charge in [0.05, 0.1) is 12.1 Å². The third-order valence-corrected chi connectivity index (χ3v) is 2.61. The van der Waals surface area contributed by atoms with E-state index < -0.39 is 23.5 Å². The molecule has 1 heterocycles. The largest absolute Gasteiger partial charge is 0.481 e. The molecule has 1 N–H and O–H groups in total. The zero-order valence-electron chi connectivity index (χ0n) is 10.3. The van der Waals surface area contributed by atoms with Crippen LogP contribution >= 0.6 is 0 Å². The molecular weight excluding hydrogens is 291 g/mol. The van der Waals surface area contributed by atoms with Crippen LogP contribution in [0.3, 0.4) is 0 Å². The van der Waals surface area contributed by atoms with Crippen LogP contribution < -0.4 is 0 Å². The van der Waals surface area contributed by atoms with Gasteiger partial charge in [-0.05, 0) is 17.7 Å². The molecule has 0 fully saturated rings. The normalized spacial score (nSPS) is 11.4. The minimum atomic E-state index is -4.79. The molecule has 0 radical (unpaired) electrons. The lowest BCUT2D eigenvalue weighted by Gasteiger charge is -2.10. The molecule has 0 spiro atoms. The summed E-state index contributed by atoms with van der Waals surface area (Å²) in [5.74, 6) is -1.05. The number of benzene rings is 1. The smallest absolute Gasteiger partial charge is 0.435 e. The summed E-state index contributed by atoms with van der Waals surface area (Å²) in [6, 6.07) is 5.28. The van der Waals surface area contributed by atoms with Crippen molar-refractivity contribution in [2.45, 2.75) is 12.6 Å². The number of nitrogens with zero attached hydrogens (tertiary/aromatic N) is 3. The Kier molecular flexibility index (Phi) is 3.74. The van der Waals surface area contributed by atoms with E-state index in [1.54, 1.807) is 0 Å². The van der Waals surface area contributed by atoms with Crippen LogP contribution in [0.1, 0.15) is 21.7 Å². The first-order chi connectivity index (χ1) is 9.82. The molecule has 21 heavy (non-hydrogen) atoms. The summed E-state index contributed by atoms with van der Waals surface area (Å²) in [5.41, 5.74) is -1.63. The third-order valence-electron chi connectivity index (χ3n) is 2.61. The molecule has 0 aliphatic heterocycles. The number of aldehydes is 1. The van der Waals surface area contributed by atoms with E-state index >= 15 is 0 Å². The van der Waals surface area contributed by atoms with Crippen LogP contribution in [-0.2, 0) is 17.4 Å². The highest BCUT2D eigenvalue weighted by Gasteiger charge is 2.39. The molecular formula is C12H8F3N3O3. The number of carbonyl (C=O) groups excluding carboxylic acids is 1. The standard InChI is InChI=1S/C12H8F3N3O3/c13-12(14,15)11-9(6-19)16-17-18(11)8-3-1-7(2-4-8)5-10(20)21/h1-4,6H,5H2,(H,20,21). The lowest BCUT2D eigenvalue weighted by molar-refractivity contribution is -0.143. The molecule has 2 aromatic rings. The molecule has 0 saturated heterocycles. The molecule has 0 atom stereocenters. The number of carbonyl (C=O) groups is 2. The number of carboxylic acids is 1. The fourth-order valence-electron chi connectivity index (χ4n) is 1.75. The van der Waals surface area contributed by atoms with Crippen LogP contribution in [-0.4, -0.2) is 32.4 Å². The van der Waals surface area contributed by atoms with Crippen LogP contribution in [0.2, 0.25) is 0 Å². The number of halogens is 3. The first-order valence-electron chi connectivity index (χ1n) is 5.62. The van der Waals surface area contributed by atoms with Crippen molar-refractivity contribution in [3.63, 3.8) is 0 Å². The Morgan fingerprint density at radius 3 is 2.38 bits per heavy atom. The maximum atomic E-state index is 12.9. The van der Waals surface area contributed by atoms with Crippen LogP contribution in [0, 0.1) is 0 Å². The van der Waals surface area contributed by atoms with Crippen LogP contribution in [0.25, 0.3) is 5.69 Å². The molecule has 110 valence electrons. The summed E-state index contributed by atoms with van der Waals surface area (Å²) in [6.07, 6.45) is -5.06. The van der Waals surface area contributed by atoms with E-state index in [2.05, 4.69) is 10.3 Å². The predicted molar refractivity (Wildman–Crippen MR) is 63.1 cm³/mol. The molecule has 0 aliphatic rings. The van der Waals surface area contributed by atoms with Crippen LogP contribution in [0.15, 0.2) is 24.3 Å². The summed E-state index contributed by atoms with van der Waals surface area (Å²) >= 11 is 0. The van der Waals surface area contributed by atoms with Gasteiger partial charge >= 0.3 is 12.1 Å². The molecule has 1 aromatic carbocycles. The van der Waals surface area contributed by atoms with E-state index in [-0.39, 0.29) is 18.4 Å². The van der Waals surface area contributed by atoms with Gasteiger partial charge in [0.15, 0.2) is 17.7 Å². The van der Waals surface area contributed by atoms with Crippen molar-refractivity contribution in [2.24, 2.45) is 0 Å². The van der Waals surface area contributed by atoms with Gasteiger partial charge in [-0.1, -0.05) is 17.3 Å². The van der Waals surface area contributed by atoms with E-state index in [1.807, 2.05) is 0 Å². The fraction of sp³-hybridized carbons (Fsp3) is 0.167. The predicted octanol–water partition coefficient (Wildman–Crippen LogP) is 1.73. The summed E-state index contributed by atoms with van der Waals surface area (Å²) in [5, 5.41) is 15.1. The van der Waals surface area contributed by atoms with Gasteiger partial charge in [-0.25, -0.2) is 4.68 Å². The monoisotopic (exact) mass is 299 g/mol. The first-order valence-corrected chi connectivity index (χ1v) is 5.62. The number of aliphatic carboxylic acids is 1. The first kappa shape index (κ1) is 14.7. The highest BCUT2D eigenvalue weighted by molar-refractivity contribution is 5.74. The number of hydrogen-bond donors (Lipinski definition) is 1. The third kappa shape index (κ3) is 3.07. The van der Waals surface area contributed by atoms with Gasteiger partial charge in [-0.2, -0.15) is 13.2 Å². The van der Waals surface area contributed by atoms with Gasteiger partial charge in [0, 0.05) is 0 Å². The van der Waals surface area contributed by atoms with Crippen LogP contribution in [0.5, 0.6) is 0 Å². The van der Waals surface area contributed by atoms with Gasteiger partial charge in [0.1, 0.15) is 0 Å². The van der Waals surface area contributed by atoms with Crippen molar-refractivity contribution in [3.05, 3.63) is 41.2 Å². The average Bonchev–Trinajstić information content (AvgIpc) is 2.82. The van der Waals surface area contributed by atoms with Crippen LogP contribution in [0.4, 0.5) is 13.2 Å². The van der Waals surface area contributed by atoms with E-state index in [1.165, 1.54) is 24.3 Å². The lowest BCUT2D eigenvalue weighted by Crippen LogP contribution is -2.15. The minimum Gasteiger partial charge on any atom is -0.481 e. The number of carboxylic acid groups (broad SMARTS) is 1. The van der Waals surface area contributed by atoms with Crippen molar-refractivity contribution in [1.82, 2.24) is 15.0 Å². The molecule has 6 nitrogen and oxygen atoms in total. The fourth-order valence-corrected chi connectivity index (χ4v) is 1.75. The molecule has 0 amide bonds. The lowest BCUT2D eigenvalue weighted by atomic mass is 10.1. The number of hydrogen-bond acceptors (Lipinski definition) is 4. The van der Waals surface area contributed by atoms with Gasteiger partial charge in [-0.15, -0.1) is 5.10 Å². The van der Waals surface area contributed by atoms with Gasteiger partial charge in [0.2, 0.25) is 0 Å². The minimum absolute atomic E-state index is 0.0227. The molecule has 0 aliphatic carbocycles. The number of rotatable bonds is 4. The van der Waals surface area contributed by atoms with E-state index in [9.17, 15) is 22.8 Å². The number of alkyl halides is 3. The summed E-state index contributed by atoms with van der Waals surface area (Å²) in [7, 11) is 0. The summed E-state index contributed by atoms with van der Waals surface area (Å²) in [6.45, 7) is 0. The zero-order valence-corrected chi connectivity index (χ0v) is 10.3. The SMILES string of the molecule is O=Cc1nnn(-c2ccc(CC(=O)O)cc2)c1C(F)(F)F. The van der Waals surface area contributed by atoms with E-state index in [0.29, 0.717) is 10.2 Å². The Balaban J connectivity index is 2.45. The Morgan fingerprint density at radius 2 is 1.90 bits per heavy atom. The molecule has 1 aromatic heterocycles. The highest BCUT2D eigenvalue weighted by atomic mass is 19.4. The zero-order chi connectivity index (χ0) is 15.6. The van der Waals surface area contributed by atoms with Gasteiger partial charge in [0.25, 0.3) is 0 Å². The van der Waals surface area contributed by atoms with E-state index in [0.717, 1.165) is 0 Å². The quantitative estimate of drug-likeness (QED) is 0.869. The van der Waals surface area contributed by atoms with E-state index in [4.69, 9.17) is 5.11 Å². The summed E-state index contributed by atoms with van der Waals surface area (Å²) < 4.78 is 39.3. The molecule has 0 bridgehead atoms. The van der Waals surface area contributed by atoms with Crippen molar-refractivity contribution < 1.29 is 27.9 Å². The maximum Gasteiger partial charge on any atom is 0.435 e.